The Labute approximate surface area is 127 Å². The largest absolute Gasteiger partial charge is 0.444 e. The third-order valence-electron chi connectivity index (χ3n) is 2.37. The van der Waals surface area contributed by atoms with Gasteiger partial charge in [-0.1, -0.05) is 5.16 Å². The number of alkyl halides is 1. The Balaban J connectivity index is 2.03. The van der Waals surface area contributed by atoms with Crippen molar-refractivity contribution in [2.45, 2.75) is 32.3 Å². The molecular weight excluding hydrogens is 294 g/mol. The first kappa shape index (κ1) is 15.3. The topological polar surface area (TPSA) is 77.2 Å². The third-order valence-corrected chi connectivity index (χ3v) is 2.60. The summed E-state index contributed by atoms with van der Waals surface area (Å²) in [6.07, 6.45) is -0.501. The highest BCUT2D eigenvalue weighted by Crippen LogP contribution is 2.19. The number of aromatic nitrogens is 2. The molecular formula is C14H16ClN3O3. The molecule has 0 aliphatic heterocycles. The number of hydrogen-bond donors (Lipinski definition) is 1. The monoisotopic (exact) mass is 309 g/mol. The molecule has 0 bridgehead atoms. The molecule has 0 fully saturated rings. The van der Waals surface area contributed by atoms with Gasteiger partial charge in [-0.25, -0.2) is 4.79 Å². The number of rotatable bonds is 3. The van der Waals surface area contributed by atoms with Gasteiger partial charge in [-0.3, -0.25) is 5.32 Å². The number of benzene rings is 1. The van der Waals surface area contributed by atoms with Crippen LogP contribution in [0.1, 0.15) is 26.7 Å². The lowest BCUT2D eigenvalue weighted by molar-refractivity contribution is 0.0636. The molecule has 21 heavy (non-hydrogen) atoms. The second-order valence-electron chi connectivity index (χ2n) is 5.35. The van der Waals surface area contributed by atoms with E-state index in [9.17, 15) is 4.79 Å². The molecule has 0 aliphatic carbocycles. The SMILES string of the molecule is CC(C)(C)OC(=O)Nc1ccc(-c2noc(CCl)n2)cc1. The van der Waals surface area contributed by atoms with Gasteiger partial charge in [0.05, 0.1) is 0 Å². The van der Waals surface area contributed by atoms with Crippen molar-refractivity contribution in [3.63, 3.8) is 0 Å². The lowest BCUT2D eigenvalue weighted by atomic mass is 10.2. The number of hydrogen-bond acceptors (Lipinski definition) is 5. The van der Waals surface area contributed by atoms with Crippen molar-refractivity contribution in [1.82, 2.24) is 10.1 Å². The molecule has 2 rings (SSSR count). The molecule has 0 spiro atoms. The van der Waals surface area contributed by atoms with Crippen LogP contribution in [0.2, 0.25) is 0 Å². The lowest BCUT2D eigenvalue weighted by Gasteiger charge is -2.19. The van der Waals surface area contributed by atoms with Crippen LogP contribution in [0, 0.1) is 0 Å². The maximum Gasteiger partial charge on any atom is 0.412 e. The molecule has 1 aromatic carbocycles. The van der Waals surface area contributed by atoms with Gasteiger partial charge in [-0.15, -0.1) is 11.6 Å². The van der Waals surface area contributed by atoms with E-state index in [1.165, 1.54) is 0 Å². The molecule has 1 amide bonds. The van der Waals surface area contributed by atoms with Crippen LogP contribution in [0.25, 0.3) is 11.4 Å². The number of halogens is 1. The highest BCUT2D eigenvalue weighted by Gasteiger charge is 2.16. The van der Waals surface area contributed by atoms with Crippen LogP contribution in [0.3, 0.4) is 0 Å². The van der Waals surface area contributed by atoms with Gasteiger partial charge in [0.15, 0.2) is 0 Å². The fourth-order valence-electron chi connectivity index (χ4n) is 1.55. The van der Waals surface area contributed by atoms with E-state index in [4.69, 9.17) is 20.9 Å². The maximum absolute atomic E-state index is 11.6. The molecule has 0 aliphatic rings. The summed E-state index contributed by atoms with van der Waals surface area (Å²) in [6, 6.07) is 7.01. The van der Waals surface area contributed by atoms with Gasteiger partial charge in [-0.05, 0) is 45.0 Å². The van der Waals surface area contributed by atoms with Crippen LogP contribution in [0.5, 0.6) is 0 Å². The first-order valence-electron chi connectivity index (χ1n) is 6.36. The molecule has 1 N–H and O–H groups in total. The van der Waals surface area contributed by atoms with E-state index in [1.807, 2.05) is 0 Å². The van der Waals surface area contributed by atoms with Crippen LogP contribution in [0.4, 0.5) is 10.5 Å². The van der Waals surface area contributed by atoms with Crippen LogP contribution in [-0.2, 0) is 10.6 Å². The summed E-state index contributed by atoms with van der Waals surface area (Å²) in [6.45, 7) is 5.42. The van der Waals surface area contributed by atoms with E-state index >= 15 is 0 Å². The fourth-order valence-corrected chi connectivity index (χ4v) is 1.66. The number of ether oxygens (including phenoxy) is 1. The summed E-state index contributed by atoms with van der Waals surface area (Å²) in [5.41, 5.74) is 0.853. The van der Waals surface area contributed by atoms with Gasteiger partial charge in [-0.2, -0.15) is 4.98 Å². The summed E-state index contributed by atoms with van der Waals surface area (Å²) in [5, 5.41) is 6.46. The summed E-state index contributed by atoms with van der Waals surface area (Å²) >= 11 is 5.61. The number of anilines is 1. The van der Waals surface area contributed by atoms with Gasteiger partial charge < -0.3 is 9.26 Å². The first-order valence-corrected chi connectivity index (χ1v) is 6.90. The molecule has 1 aromatic heterocycles. The van der Waals surface area contributed by atoms with Crippen LogP contribution in [0.15, 0.2) is 28.8 Å². The number of amides is 1. The second-order valence-corrected chi connectivity index (χ2v) is 5.62. The molecule has 0 atom stereocenters. The maximum atomic E-state index is 11.6. The Hall–Kier alpha value is -2.08. The zero-order valence-electron chi connectivity index (χ0n) is 12.0. The van der Waals surface area contributed by atoms with Crippen LogP contribution >= 0.6 is 11.6 Å². The van der Waals surface area contributed by atoms with Gasteiger partial charge in [0.25, 0.3) is 0 Å². The number of nitrogens with one attached hydrogen (secondary N) is 1. The van der Waals surface area contributed by atoms with Crippen LogP contribution < -0.4 is 5.32 Å². The standard InChI is InChI=1S/C14H16ClN3O3/c1-14(2,3)20-13(19)16-10-6-4-9(5-7-10)12-17-11(8-15)21-18-12/h4-7H,8H2,1-3H3,(H,16,19). The minimum absolute atomic E-state index is 0.172. The van der Waals surface area contributed by atoms with Crippen molar-refractivity contribution in [2.24, 2.45) is 0 Å². The van der Waals surface area contributed by atoms with E-state index < -0.39 is 11.7 Å². The highest BCUT2D eigenvalue weighted by molar-refractivity contribution is 6.16. The molecule has 0 saturated heterocycles. The number of nitrogens with zero attached hydrogens (tertiary/aromatic N) is 2. The third kappa shape index (κ3) is 4.46. The smallest absolute Gasteiger partial charge is 0.412 e. The zero-order chi connectivity index (χ0) is 15.5. The van der Waals surface area contributed by atoms with Crippen LogP contribution in [-0.4, -0.2) is 21.8 Å². The minimum atomic E-state index is -0.535. The molecule has 7 heteroatoms. The van der Waals surface area contributed by atoms with E-state index in [2.05, 4.69) is 15.5 Å². The number of carbonyl (C=O) groups excluding carboxylic acids is 1. The number of carbonyl (C=O) groups is 1. The molecule has 112 valence electrons. The molecule has 6 nitrogen and oxygen atoms in total. The predicted octanol–water partition coefficient (Wildman–Crippen LogP) is 3.82. The van der Waals surface area contributed by atoms with E-state index in [-0.39, 0.29) is 5.88 Å². The lowest BCUT2D eigenvalue weighted by Crippen LogP contribution is -2.27. The second kappa shape index (κ2) is 6.13. The Morgan fingerprint density at radius 1 is 1.33 bits per heavy atom. The first-order chi connectivity index (χ1) is 9.87. The summed E-state index contributed by atoms with van der Waals surface area (Å²) in [7, 11) is 0. The summed E-state index contributed by atoms with van der Waals surface area (Å²) in [5.74, 6) is 0.989. The molecule has 1 heterocycles. The zero-order valence-corrected chi connectivity index (χ0v) is 12.8. The average Bonchev–Trinajstić information content (AvgIpc) is 2.86. The minimum Gasteiger partial charge on any atom is -0.444 e. The average molecular weight is 310 g/mol. The van der Waals surface area contributed by atoms with Crippen molar-refractivity contribution in [3.8, 4) is 11.4 Å². The van der Waals surface area contributed by atoms with E-state index in [0.717, 1.165) is 5.56 Å². The van der Waals surface area contributed by atoms with E-state index in [0.29, 0.717) is 17.4 Å². The fraction of sp³-hybridized carbons (Fsp3) is 0.357. The van der Waals surface area contributed by atoms with Gasteiger partial charge >= 0.3 is 6.09 Å². The van der Waals surface area contributed by atoms with Crippen molar-refractivity contribution in [2.75, 3.05) is 5.32 Å². The Bertz CT molecular complexity index is 617. The molecule has 0 radical (unpaired) electrons. The molecule has 0 unspecified atom stereocenters. The summed E-state index contributed by atoms with van der Waals surface area (Å²) in [4.78, 5) is 15.8. The quantitative estimate of drug-likeness (QED) is 0.872. The molecule has 2 aromatic rings. The van der Waals surface area contributed by atoms with Crippen molar-refractivity contribution < 1.29 is 14.1 Å². The summed E-state index contributed by atoms with van der Waals surface area (Å²) < 4.78 is 10.1. The normalized spacial score (nSPS) is 11.2. The van der Waals surface area contributed by atoms with Gasteiger partial charge in [0.1, 0.15) is 11.5 Å². The van der Waals surface area contributed by atoms with Gasteiger partial charge in [0, 0.05) is 11.3 Å². The Morgan fingerprint density at radius 3 is 2.52 bits per heavy atom. The van der Waals surface area contributed by atoms with Crippen molar-refractivity contribution in [1.29, 1.82) is 0 Å². The van der Waals surface area contributed by atoms with Crippen molar-refractivity contribution in [3.05, 3.63) is 30.2 Å². The molecule has 0 saturated carbocycles. The predicted molar refractivity (Wildman–Crippen MR) is 79.1 cm³/mol. The van der Waals surface area contributed by atoms with Gasteiger partial charge in [0.2, 0.25) is 11.7 Å². The Morgan fingerprint density at radius 2 is 2.00 bits per heavy atom. The van der Waals surface area contributed by atoms with E-state index in [1.54, 1.807) is 45.0 Å². The van der Waals surface area contributed by atoms with Crippen molar-refractivity contribution >= 4 is 23.4 Å². The highest BCUT2D eigenvalue weighted by atomic mass is 35.5. The Kier molecular flexibility index (Phi) is 4.47.